The number of anilines is 3. The second-order valence-electron chi connectivity index (χ2n) is 5.94. The summed E-state index contributed by atoms with van der Waals surface area (Å²) in [6.07, 6.45) is 0. The predicted octanol–water partition coefficient (Wildman–Crippen LogP) is 3.84. The molecule has 2 rings (SSSR count). The van der Waals surface area contributed by atoms with Crippen molar-refractivity contribution in [2.45, 2.75) is 28.2 Å². The molecule has 0 saturated heterocycles. The van der Waals surface area contributed by atoms with Crippen LogP contribution in [0.3, 0.4) is 0 Å². The number of hydrogen-bond donors (Lipinski definition) is 3. The smallest absolute Gasteiger partial charge is 0.338 e. The Bertz CT molecular complexity index is 829. The van der Waals surface area contributed by atoms with Gasteiger partial charge in [-0.05, 0) is 62.2 Å². The highest BCUT2D eigenvalue weighted by atomic mass is 16.5. The second kappa shape index (κ2) is 8.20. The van der Waals surface area contributed by atoms with E-state index >= 15 is 0 Å². The van der Waals surface area contributed by atoms with Crippen LogP contribution in [0.4, 0.5) is 17.1 Å². The monoisotopic (exact) mass is 355 g/mol. The Morgan fingerprint density at radius 3 is 1.96 bits per heavy atom. The first-order chi connectivity index (χ1) is 11.7. The quantitative estimate of drug-likeness (QED) is 0.334. The van der Waals surface area contributed by atoms with E-state index in [9.17, 15) is 9.59 Å². The van der Waals surface area contributed by atoms with E-state index in [4.69, 9.17) is 16.2 Å². The van der Waals surface area contributed by atoms with Crippen molar-refractivity contribution < 1.29 is 14.3 Å². The fraction of sp³-hybridized carbons (Fsp3) is 0.200. The molecule has 6 heteroatoms. The number of amides is 1. The van der Waals surface area contributed by atoms with Crippen LogP contribution in [0.15, 0.2) is 42.5 Å². The molecule has 0 radical (unpaired) electrons. The van der Waals surface area contributed by atoms with Gasteiger partial charge in [-0.15, -0.1) is 0 Å². The molecule has 0 aliphatic rings. The van der Waals surface area contributed by atoms with Gasteiger partial charge in [0.15, 0.2) is 0 Å². The lowest BCUT2D eigenvalue weighted by Crippen LogP contribution is -2.15. The molecule has 0 aromatic heterocycles. The van der Waals surface area contributed by atoms with Crippen LogP contribution in [0.5, 0.6) is 5.75 Å². The molecule has 5 N–H and O–H groups in total. The van der Waals surface area contributed by atoms with Crippen LogP contribution in [-0.2, 0) is 4.79 Å². The van der Waals surface area contributed by atoms with Crippen LogP contribution in [0, 0.1) is 13.8 Å². The van der Waals surface area contributed by atoms with Gasteiger partial charge in [0.1, 0.15) is 5.75 Å². The first-order valence-electron chi connectivity index (χ1n) is 7.63. The minimum absolute atomic E-state index is 0. The number of nitrogens with one attached hydrogen (secondary N) is 1. The minimum atomic E-state index is -0.495. The van der Waals surface area contributed by atoms with Crippen molar-refractivity contribution in [3.8, 4) is 5.75 Å². The number of carbonyl (C=O) groups is 2. The standard InChI is InChI=1S/C19H21N3O3.CH4/c1-10(2)19(24)25-16-5-11(3)17(12(4)6-16)22-18(23)13-7-14(20)9-15(21)8-13;/h5-9H,1,20-21H2,2-4H3,(H,22,23);1H4. The van der Waals surface area contributed by atoms with Gasteiger partial charge in [0.2, 0.25) is 0 Å². The number of nitrogens with two attached hydrogens (primary N) is 2. The highest BCUT2D eigenvalue weighted by Gasteiger charge is 2.14. The van der Waals surface area contributed by atoms with Crippen molar-refractivity contribution in [1.82, 2.24) is 0 Å². The lowest BCUT2D eigenvalue weighted by molar-refractivity contribution is -0.130. The van der Waals surface area contributed by atoms with E-state index in [2.05, 4.69) is 11.9 Å². The van der Waals surface area contributed by atoms with Crippen LogP contribution in [0.1, 0.15) is 35.8 Å². The molecule has 6 nitrogen and oxygen atoms in total. The van der Waals surface area contributed by atoms with Crippen molar-refractivity contribution >= 4 is 28.9 Å². The molecule has 0 atom stereocenters. The van der Waals surface area contributed by atoms with Crippen LogP contribution < -0.4 is 21.5 Å². The van der Waals surface area contributed by atoms with E-state index in [0.717, 1.165) is 11.1 Å². The number of carbonyl (C=O) groups excluding carboxylic acids is 2. The highest BCUT2D eigenvalue weighted by Crippen LogP contribution is 2.27. The van der Waals surface area contributed by atoms with E-state index in [1.807, 2.05) is 13.8 Å². The van der Waals surface area contributed by atoms with Gasteiger partial charge >= 0.3 is 5.97 Å². The number of ether oxygens (including phenoxy) is 1. The summed E-state index contributed by atoms with van der Waals surface area (Å²) >= 11 is 0. The first-order valence-corrected chi connectivity index (χ1v) is 7.63. The molecule has 0 saturated carbocycles. The first kappa shape index (κ1) is 20.8. The Morgan fingerprint density at radius 1 is 1.00 bits per heavy atom. The van der Waals surface area contributed by atoms with Gasteiger partial charge in [-0.25, -0.2) is 4.79 Å². The molecule has 1 amide bonds. The number of hydrogen-bond acceptors (Lipinski definition) is 5. The molecule has 0 unspecified atom stereocenters. The van der Waals surface area contributed by atoms with Gasteiger partial charge in [0, 0.05) is 28.2 Å². The fourth-order valence-corrected chi connectivity index (χ4v) is 2.37. The van der Waals surface area contributed by atoms with Crippen LogP contribution >= 0.6 is 0 Å². The van der Waals surface area contributed by atoms with Gasteiger partial charge in [-0.2, -0.15) is 0 Å². The summed E-state index contributed by atoms with van der Waals surface area (Å²) in [5, 5.41) is 2.84. The van der Waals surface area contributed by atoms with E-state index < -0.39 is 5.97 Å². The number of benzene rings is 2. The maximum absolute atomic E-state index is 12.5. The third-order valence-corrected chi connectivity index (χ3v) is 3.54. The zero-order valence-corrected chi connectivity index (χ0v) is 14.5. The summed E-state index contributed by atoms with van der Waals surface area (Å²) in [4.78, 5) is 24.1. The second-order valence-corrected chi connectivity index (χ2v) is 5.94. The molecule has 0 spiro atoms. The van der Waals surface area contributed by atoms with Crippen LogP contribution in [0.25, 0.3) is 0 Å². The summed E-state index contributed by atoms with van der Waals surface area (Å²) in [5.41, 5.74) is 15.1. The van der Waals surface area contributed by atoms with Crippen LogP contribution in [0.2, 0.25) is 0 Å². The molecule has 2 aromatic carbocycles. The molecule has 26 heavy (non-hydrogen) atoms. The number of esters is 1. The highest BCUT2D eigenvalue weighted by molar-refractivity contribution is 6.06. The lowest BCUT2D eigenvalue weighted by Gasteiger charge is -2.14. The zero-order chi connectivity index (χ0) is 18.7. The SMILES string of the molecule is C.C=C(C)C(=O)Oc1cc(C)c(NC(=O)c2cc(N)cc(N)c2)c(C)c1. The number of aryl methyl sites for hydroxylation is 2. The van der Waals surface area contributed by atoms with E-state index in [0.29, 0.717) is 33.9 Å². The van der Waals surface area contributed by atoms with Crippen LogP contribution in [-0.4, -0.2) is 11.9 Å². The Balaban J connectivity index is 0.00000338. The molecular weight excluding hydrogens is 330 g/mol. The summed E-state index contributed by atoms with van der Waals surface area (Å²) in [6, 6.07) is 8.05. The van der Waals surface area contributed by atoms with E-state index in [1.54, 1.807) is 37.3 Å². The Kier molecular flexibility index (Phi) is 6.55. The third kappa shape index (κ3) is 4.86. The molecular formula is C20H25N3O3. The number of rotatable bonds is 4. The Morgan fingerprint density at radius 2 is 1.50 bits per heavy atom. The minimum Gasteiger partial charge on any atom is -0.423 e. The third-order valence-electron chi connectivity index (χ3n) is 3.54. The average Bonchev–Trinajstić information content (AvgIpc) is 2.49. The van der Waals surface area contributed by atoms with Gasteiger partial charge in [0.25, 0.3) is 5.91 Å². The van der Waals surface area contributed by atoms with Crippen molar-refractivity contribution in [3.63, 3.8) is 0 Å². The largest absolute Gasteiger partial charge is 0.423 e. The van der Waals surface area contributed by atoms with E-state index in [1.165, 1.54) is 0 Å². The summed E-state index contributed by atoms with van der Waals surface area (Å²) < 4.78 is 5.23. The number of nitrogen functional groups attached to an aromatic ring is 2. The molecule has 0 aliphatic carbocycles. The van der Waals surface area contributed by atoms with Crippen molar-refractivity contribution in [2.24, 2.45) is 0 Å². The molecule has 0 heterocycles. The summed E-state index contributed by atoms with van der Waals surface area (Å²) in [7, 11) is 0. The predicted molar refractivity (Wildman–Crippen MR) is 106 cm³/mol. The Labute approximate surface area is 153 Å². The molecule has 0 fully saturated rings. The maximum Gasteiger partial charge on any atom is 0.338 e. The average molecular weight is 355 g/mol. The van der Waals surface area contributed by atoms with Crippen molar-refractivity contribution in [2.75, 3.05) is 16.8 Å². The maximum atomic E-state index is 12.5. The van der Waals surface area contributed by atoms with Gasteiger partial charge in [0.05, 0.1) is 0 Å². The lowest BCUT2D eigenvalue weighted by atomic mass is 10.1. The van der Waals surface area contributed by atoms with E-state index in [-0.39, 0.29) is 13.3 Å². The van der Waals surface area contributed by atoms with Gasteiger partial charge in [-0.3, -0.25) is 4.79 Å². The summed E-state index contributed by atoms with van der Waals surface area (Å²) in [5.74, 6) is -0.420. The molecule has 0 aliphatic heterocycles. The topological polar surface area (TPSA) is 107 Å². The molecule has 138 valence electrons. The van der Waals surface area contributed by atoms with Gasteiger partial charge < -0.3 is 21.5 Å². The van der Waals surface area contributed by atoms with Gasteiger partial charge in [-0.1, -0.05) is 14.0 Å². The normalized spacial score (nSPS) is 9.81. The zero-order valence-electron chi connectivity index (χ0n) is 14.5. The Hall–Kier alpha value is -3.28. The summed E-state index contributed by atoms with van der Waals surface area (Å²) in [6.45, 7) is 8.75. The van der Waals surface area contributed by atoms with Crippen molar-refractivity contribution in [1.29, 1.82) is 0 Å². The van der Waals surface area contributed by atoms with Crippen molar-refractivity contribution in [3.05, 3.63) is 59.2 Å². The molecule has 0 bridgehead atoms. The molecule has 2 aromatic rings. The fourth-order valence-electron chi connectivity index (χ4n) is 2.37.